The fourth-order valence-electron chi connectivity index (χ4n) is 2.73. The molecule has 3 aromatic rings. The summed E-state index contributed by atoms with van der Waals surface area (Å²) in [5, 5.41) is 3.09. The maximum absolute atomic E-state index is 12.4. The first-order valence-electron chi connectivity index (χ1n) is 8.53. The average Bonchev–Trinajstić information content (AvgIpc) is 2.71. The zero-order chi connectivity index (χ0) is 21.0. The largest absolute Gasteiger partial charge is 0.493 e. The maximum atomic E-state index is 12.4. The van der Waals surface area contributed by atoms with Crippen LogP contribution >= 0.6 is 11.6 Å². The summed E-state index contributed by atoms with van der Waals surface area (Å²) in [5.74, 6) is 0.497. The number of ether oxygens (including phenoxy) is 2. The minimum absolute atomic E-state index is 0.321. The van der Waals surface area contributed by atoms with E-state index in [1.54, 1.807) is 42.5 Å². The van der Waals surface area contributed by atoms with Crippen molar-refractivity contribution < 1.29 is 14.3 Å². The predicted octanol–water partition coefficient (Wildman–Crippen LogP) is 2.31. The molecule has 0 bridgehead atoms. The van der Waals surface area contributed by atoms with Crippen molar-refractivity contribution in [2.24, 2.45) is 0 Å². The molecule has 150 valence electrons. The molecule has 1 amide bonds. The van der Waals surface area contributed by atoms with Gasteiger partial charge in [-0.05, 0) is 30.3 Å². The second-order valence-electron chi connectivity index (χ2n) is 6.00. The lowest BCUT2D eigenvalue weighted by Gasteiger charge is -2.12. The number of nitrogens with one attached hydrogen (secondary N) is 1. The SMILES string of the molecule is COc1ccc(NC(=O)Cn2ccn(-c3cccc(Cl)c3)c(=O)c2=O)cc1OC. The highest BCUT2D eigenvalue weighted by Crippen LogP contribution is 2.29. The molecular weight excluding hydrogens is 398 g/mol. The number of carbonyl (C=O) groups is 1. The molecule has 0 radical (unpaired) electrons. The summed E-state index contributed by atoms with van der Waals surface area (Å²) >= 11 is 5.94. The summed E-state index contributed by atoms with van der Waals surface area (Å²) in [6.45, 7) is -0.321. The highest BCUT2D eigenvalue weighted by atomic mass is 35.5. The lowest BCUT2D eigenvalue weighted by atomic mass is 10.2. The molecule has 0 aliphatic rings. The van der Waals surface area contributed by atoms with Crippen LogP contribution in [-0.4, -0.2) is 29.3 Å². The molecule has 9 heteroatoms. The highest BCUT2D eigenvalue weighted by molar-refractivity contribution is 6.30. The lowest BCUT2D eigenvalue weighted by Crippen LogP contribution is -2.41. The Balaban J connectivity index is 1.80. The second kappa shape index (κ2) is 8.66. The number of methoxy groups -OCH3 is 2. The van der Waals surface area contributed by atoms with Gasteiger partial charge in [-0.25, -0.2) is 0 Å². The molecule has 0 fully saturated rings. The normalized spacial score (nSPS) is 10.4. The van der Waals surface area contributed by atoms with Gasteiger partial charge in [0.1, 0.15) is 6.54 Å². The molecule has 0 unspecified atom stereocenters. The van der Waals surface area contributed by atoms with E-state index < -0.39 is 17.0 Å². The molecule has 2 aromatic carbocycles. The molecule has 0 saturated carbocycles. The number of aromatic nitrogens is 2. The van der Waals surface area contributed by atoms with E-state index >= 15 is 0 Å². The van der Waals surface area contributed by atoms with Crippen LogP contribution < -0.4 is 25.9 Å². The third-order valence-corrected chi connectivity index (χ3v) is 4.36. The third-order valence-electron chi connectivity index (χ3n) is 4.13. The summed E-state index contributed by atoms with van der Waals surface area (Å²) in [7, 11) is 2.99. The summed E-state index contributed by atoms with van der Waals surface area (Å²) in [6.07, 6.45) is 2.79. The minimum atomic E-state index is -0.824. The summed E-state index contributed by atoms with van der Waals surface area (Å²) < 4.78 is 12.6. The molecule has 1 heterocycles. The monoisotopic (exact) mass is 415 g/mol. The maximum Gasteiger partial charge on any atom is 0.320 e. The number of halogens is 1. The number of amides is 1. The van der Waals surface area contributed by atoms with Crippen LogP contribution in [0.4, 0.5) is 5.69 Å². The van der Waals surface area contributed by atoms with Crippen LogP contribution in [0.1, 0.15) is 0 Å². The van der Waals surface area contributed by atoms with E-state index in [4.69, 9.17) is 21.1 Å². The number of anilines is 1. The number of hydrogen-bond acceptors (Lipinski definition) is 5. The molecular formula is C20H18ClN3O5. The number of rotatable bonds is 6. The van der Waals surface area contributed by atoms with Crippen molar-refractivity contribution in [1.29, 1.82) is 0 Å². The zero-order valence-electron chi connectivity index (χ0n) is 15.7. The van der Waals surface area contributed by atoms with Crippen LogP contribution in [0.2, 0.25) is 5.02 Å². The third kappa shape index (κ3) is 4.49. The van der Waals surface area contributed by atoms with E-state index in [-0.39, 0.29) is 6.54 Å². The average molecular weight is 416 g/mol. The van der Waals surface area contributed by atoms with Gasteiger partial charge in [0, 0.05) is 29.2 Å². The van der Waals surface area contributed by atoms with E-state index in [9.17, 15) is 14.4 Å². The van der Waals surface area contributed by atoms with Crippen LogP contribution in [-0.2, 0) is 11.3 Å². The van der Waals surface area contributed by atoms with Crippen LogP contribution in [0.5, 0.6) is 11.5 Å². The molecule has 0 atom stereocenters. The summed E-state index contributed by atoms with van der Waals surface area (Å²) in [4.78, 5) is 37.1. The first-order valence-corrected chi connectivity index (χ1v) is 8.90. The molecule has 0 aliphatic heterocycles. The Kier molecular flexibility index (Phi) is 6.04. The van der Waals surface area contributed by atoms with E-state index in [1.165, 1.54) is 31.2 Å². The van der Waals surface area contributed by atoms with Gasteiger partial charge in [-0.15, -0.1) is 0 Å². The molecule has 0 aliphatic carbocycles. The summed E-state index contributed by atoms with van der Waals surface area (Å²) in [6, 6.07) is 11.4. The Bertz CT molecular complexity index is 1170. The van der Waals surface area contributed by atoms with Crippen molar-refractivity contribution in [3.05, 3.63) is 80.6 Å². The fraction of sp³-hybridized carbons (Fsp3) is 0.150. The van der Waals surface area contributed by atoms with Crippen molar-refractivity contribution in [2.75, 3.05) is 19.5 Å². The van der Waals surface area contributed by atoms with Crippen LogP contribution in [0.3, 0.4) is 0 Å². The van der Waals surface area contributed by atoms with Gasteiger partial charge in [0.2, 0.25) is 5.91 Å². The van der Waals surface area contributed by atoms with Crippen molar-refractivity contribution in [1.82, 2.24) is 9.13 Å². The number of carbonyl (C=O) groups excluding carboxylic acids is 1. The molecule has 1 aromatic heterocycles. The molecule has 0 spiro atoms. The van der Waals surface area contributed by atoms with Gasteiger partial charge in [0.25, 0.3) is 0 Å². The van der Waals surface area contributed by atoms with Gasteiger partial charge in [0.15, 0.2) is 11.5 Å². The first kappa shape index (κ1) is 20.2. The number of hydrogen-bond donors (Lipinski definition) is 1. The fourth-order valence-corrected chi connectivity index (χ4v) is 2.92. The van der Waals surface area contributed by atoms with Gasteiger partial charge >= 0.3 is 11.1 Å². The van der Waals surface area contributed by atoms with Crippen LogP contribution in [0.25, 0.3) is 5.69 Å². The molecule has 0 saturated heterocycles. The summed E-state index contributed by atoms with van der Waals surface area (Å²) in [5.41, 5.74) is -0.682. The smallest absolute Gasteiger partial charge is 0.320 e. The zero-order valence-corrected chi connectivity index (χ0v) is 16.5. The standard InChI is InChI=1S/C20H18ClN3O5/c1-28-16-7-6-14(11-17(16)29-2)22-18(25)12-23-8-9-24(20(27)19(23)26)15-5-3-4-13(21)10-15/h3-11H,12H2,1-2H3,(H,22,25). The Labute approximate surface area is 170 Å². The predicted molar refractivity (Wildman–Crippen MR) is 109 cm³/mol. The van der Waals surface area contributed by atoms with Gasteiger partial charge in [-0.1, -0.05) is 17.7 Å². The Morgan fingerprint density at radius 3 is 2.45 bits per heavy atom. The van der Waals surface area contributed by atoms with Crippen molar-refractivity contribution in [3.8, 4) is 17.2 Å². The van der Waals surface area contributed by atoms with Gasteiger partial charge in [-0.3, -0.25) is 23.5 Å². The number of nitrogens with zero attached hydrogens (tertiary/aromatic N) is 2. The van der Waals surface area contributed by atoms with E-state index in [0.717, 1.165) is 4.57 Å². The molecule has 8 nitrogen and oxygen atoms in total. The lowest BCUT2D eigenvalue weighted by molar-refractivity contribution is -0.116. The minimum Gasteiger partial charge on any atom is -0.493 e. The van der Waals surface area contributed by atoms with Crippen molar-refractivity contribution in [2.45, 2.75) is 6.54 Å². The topological polar surface area (TPSA) is 91.6 Å². The first-order chi connectivity index (χ1) is 13.9. The Morgan fingerprint density at radius 1 is 1.00 bits per heavy atom. The van der Waals surface area contributed by atoms with E-state index in [0.29, 0.717) is 27.9 Å². The van der Waals surface area contributed by atoms with Gasteiger partial charge in [-0.2, -0.15) is 0 Å². The van der Waals surface area contributed by atoms with E-state index in [2.05, 4.69) is 5.32 Å². The Hall–Kier alpha value is -3.52. The van der Waals surface area contributed by atoms with Crippen molar-refractivity contribution >= 4 is 23.2 Å². The molecule has 1 N–H and O–H groups in total. The second-order valence-corrected chi connectivity index (χ2v) is 6.44. The van der Waals surface area contributed by atoms with E-state index in [1.807, 2.05) is 0 Å². The molecule has 3 rings (SSSR count). The number of benzene rings is 2. The van der Waals surface area contributed by atoms with Crippen molar-refractivity contribution in [3.63, 3.8) is 0 Å². The quantitative estimate of drug-likeness (QED) is 0.624. The highest BCUT2D eigenvalue weighted by Gasteiger charge is 2.12. The molecule has 29 heavy (non-hydrogen) atoms. The van der Waals surface area contributed by atoms with Crippen LogP contribution in [0, 0.1) is 0 Å². The Morgan fingerprint density at radius 2 is 1.76 bits per heavy atom. The van der Waals surface area contributed by atoms with Gasteiger partial charge < -0.3 is 14.8 Å². The van der Waals surface area contributed by atoms with Gasteiger partial charge in [0.05, 0.1) is 19.9 Å². The van der Waals surface area contributed by atoms with Crippen LogP contribution in [0.15, 0.2) is 64.4 Å².